The zero-order valence-electron chi connectivity index (χ0n) is 12.7. The fraction of sp³-hybridized carbons (Fsp3) is 0.278. The van der Waals surface area contributed by atoms with Crippen molar-refractivity contribution >= 4 is 11.7 Å². The van der Waals surface area contributed by atoms with Crippen LogP contribution in [0, 0.1) is 13.8 Å². The molecular formula is C18H21NO2. The molecule has 0 aliphatic heterocycles. The number of rotatable bonds is 4. The molecule has 2 N–H and O–H groups in total. The maximum Gasteiger partial charge on any atom is 0.313 e. The lowest BCUT2D eigenvalue weighted by atomic mass is 10.0. The van der Waals surface area contributed by atoms with Gasteiger partial charge in [0.15, 0.2) is 0 Å². The van der Waals surface area contributed by atoms with E-state index in [1.54, 1.807) is 6.07 Å². The molecule has 0 aliphatic rings. The third-order valence-corrected chi connectivity index (χ3v) is 3.72. The van der Waals surface area contributed by atoms with E-state index in [1.807, 2.05) is 43.3 Å². The smallest absolute Gasteiger partial charge is 0.313 e. The minimum atomic E-state index is -0.319. The van der Waals surface area contributed by atoms with Gasteiger partial charge in [-0.2, -0.15) is 0 Å². The molecule has 0 radical (unpaired) electrons. The summed E-state index contributed by atoms with van der Waals surface area (Å²) in [6.45, 7) is 6.24. The monoisotopic (exact) mass is 283 g/mol. The van der Waals surface area contributed by atoms with Crippen molar-refractivity contribution in [1.29, 1.82) is 0 Å². The van der Waals surface area contributed by atoms with E-state index in [-0.39, 0.29) is 11.9 Å². The summed E-state index contributed by atoms with van der Waals surface area (Å²) < 4.78 is 5.40. The van der Waals surface area contributed by atoms with Crippen molar-refractivity contribution in [2.75, 3.05) is 5.73 Å². The first-order valence-electron chi connectivity index (χ1n) is 7.05. The standard InChI is InChI=1S/C18H21NO2/c1-12-7-8-15(9-13(12)2)11-21-18(20)14(3)16-5-4-6-17(19)10-16/h4-10,14H,11,19H2,1-3H3. The predicted molar refractivity (Wildman–Crippen MR) is 85.0 cm³/mol. The Hall–Kier alpha value is -2.29. The Bertz CT molecular complexity index is 649. The molecule has 0 spiro atoms. The van der Waals surface area contributed by atoms with Gasteiger partial charge < -0.3 is 10.5 Å². The molecule has 2 aromatic rings. The molecule has 0 bridgehead atoms. The van der Waals surface area contributed by atoms with Crippen molar-refractivity contribution in [2.45, 2.75) is 33.3 Å². The van der Waals surface area contributed by atoms with Crippen LogP contribution in [0.15, 0.2) is 42.5 Å². The summed E-state index contributed by atoms with van der Waals surface area (Å²) in [5.74, 6) is -0.557. The van der Waals surface area contributed by atoms with Gasteiger partial charge in [0.2, 0.25) is 0 Å². The van der Waals surface area contributed by atoms with Gasteiger partial charge in [0.05, 0.1) is 5.92 Å². The third-order valence-electron chi connectivity index (χ3n) is 3.72. The Kier molecular flexibility index (Phi) is 4.63. The number of esters is 1. The molecule has 21 heavy (non-hydrogen) atoms. The van der Waals surface area contributed by atoms with Crippen LogP contribution < -0.4 is 5.73 Å². The number of carbonyl (C=O) groups excluding carboxylic acids is 1. The van der Waals surface area contributed by atoms with Crippen molar-refractivity contribution in [3.8, 4) is 0 Å². The summed E-state index contributed by atoms with van der Waals surface area (Å²) in [4.78, 5) is 12.1. The molecule has 2 rings (SSSR count). The molecule has 2 aromatic carbocycles. The van der Waals surface area contributed by atoms with Crippen LogP contribution in [0.1, 0.15) is 35.1 Å². The maximum atomic E-state index is 12.1. The number of anilines is 1. The molecule has 110 valence electrons. The van der Waals surface area contributed by atoms with Gasteiger partial charge in [-0.25, -0.2) is 0 Å². The lowest BCUT2D eigenvalue weighted by Crippen LogP contribution is -2.13. The fourth-order valence-corrected chi connectivity index (χ4v) is 2.14. The van der Waals surface area contributed by atoms with Crippen LogP contribution in [0.3, 0.4) is 0 Å². The van der Waals surface area contributed by atoms with Crippen molar-refractivity contribution < 1.29 is 9.53 Å². The zero-order valence-corrected chi connectivity index (χ0v) is 12.7. The quantitative estimate of drug-likeness (QED) is 0.687. The first kappa shape index (κ1) is 15.1. The zero-order chi connectivity index (χ0) is 15.4. The molecule has 0 fully saturated rings. The Balaban J connectivity index is 1.99. The molecule has 3 nitrogen and oxygen atoms in total. The van der Waals surface area contributed by atoms with Crippen LogP contribution in [0.25, 0.3) is 0 Å². The first-order chi connectivity index (χ1) is 9.97. The number of benzene rings is 2. The van der Waals surface area contributed by atoms with Crippen LogP contribution in [0.5, 0.6) is 0 Å². The predicted octanol–water partition coefficient (Wildman–Crippen LogP) is 3.73. The molecule has 0 amide bonds. The second kappa shape index (κ2) is 6.44. The van der Waals surface area contributed by atoms with E-state index in [4.69, 9.17) is 10.5 Å². The van der Waals surface area contributed by atoms with Gasteiger partial charge >= 0.3 is 5.97 Å². The lowest BCUT2D eigenvalue weighted by molar-refractivity contribution is -0.146. The van der Waals surface area contributed by atoms with Crippen LogP contribution >= 0.6 is 0 Å². The Morgan fingerprint density at radius 2 is 1.90 bits per heavy atom. The minimum Gasteiger partial charge on any atom is -0.460 e. The average Bonchev–Trinajstić information content (AvgIpc) is 2.47. The molecule has 1 atom stereocenters. The normalized spacial score (nSPS) is 12.0. The minimum absolute atomic E-state index is 0.237. The number of hydrogen-bond donors (Lipinski definition) is 1. The molecule has 0 saturated carbocycles. The number of nitrogen functional groups attached to an aromatic ring is 1. The summed E-state index contributed by atoms with van der Waals surface area (Å²) in [7, 11) is 0. The number of aryl methyl sites for hydroxylation is 2. The number of ether oxygens (including phenoxy) is 1. The number of hydrogen-bond acceptors (Lipinski definition) is 3. The summed E-state index contributed by atoms with van der Waals surface area (Å²) in [5, 5.41) is 0. The van der Waals surface area contributed by atoms with Crippen molar-refractivity contribution in [3.05, 3.63) is 64.7 Å². The van der Waals surface area contributed by atoms with E-state index in [9.17, 15) is 4.79 Å². The maximum absolute atomic E-state index is 12.1. The van der Waals surface area contributed by atoms with E-state index in [0.29, 0.717) is 12.3 Å². The topological polar surface area (TPSA) is 52.3 Å². The van der Waals surface area contributed by atoms with Gasteiger partial charge in [0, 0.05) is 5.69 Å². The molecular weight excluding hydrogens is 262 g/mol. The van der Waals surface area contributed by atoms with Crippen LogP contribution in [0.4, 0.5) is 5.69 Å². The first-order valence-corrected chi connectivity index (χ1v) is 7.05. The summed E-state index contributed by atoms with van der Waals surface area (Å²) in [5.41, 5.74) is 10.7. The Morgan fingerprint density at radius 1 is 1.14 bits per heavy atom. The van der Waals surface area contributed by atoms with Crippen LogP contribution in [-0.2, 0) is 16.1 Å². The third kappa shape index (κ3) is 3.85. The molecule has 0 heterocycles. The van der Waals surface area contributed by atoms with Gasteiger partial charge in [0.1, 0.15) is 6.61 Å². The van der Waals surface area contributed by atoms with Gasteiger partial charge in [-0.1, -0.05) is 30.3 Å². The highest BCUT2D eigenvalue weighted by Gasteiger charge is 2.17. The fourth-order valence-electron chi connectivity index (χ4n) is 2.14. The number of carbonyl (C=O) groups is 1. The van der Waals surface area contributed by atoms with E-state index in [0.717, 1.165) is 11.1 Å². The average molecular weight is 283 g/mol. The van der Waals surface area contributed by atoms with Crippen LogP contribution in [-0.4, -0.2) is 5.97 Å². The largest absolute Gasteiger partial charge is 0.460 e. The summed E-state index contributed by atoms with van der Waals surface area (Å²) in [6, 6.07) is 13.4. The van der Waals surface area contributed by atoms with Gasteiger partial charge in [-0.05, 0) is 55.2 Å². The molecule has 0 aliphatic carbocycles. The van der Waals surface area contributed by atoms with E-state index in [1.165, 1.54) is 11.1 Å². The van der Waals surface area contributed by atoms with Crippen molar-refractivity contribution in [2.24, 2.45) is 0 Å². The van der Waals surface area contributed by atoms with E-state index >= 15 is 0 Å². The molecule has 3 heteroatoms. The van der Waals surface area contributed by atoms with Gasteiger partial charge in [-0.15, -0.1) is 0 Å². The molecule has 0 saturated heterocycles. The Morgan fingerprint density at radius 3 is 2.57 bits per heavy atom. The highest BCUT2D eigenvalue weighted by atomic mass is 16.5. The van der Waals surface area contributed by atoms with Crippen molar-refractivity contribution in [1.82, 2.24) is 0 Å². The van der Waals surface area contributed by atoms with Crippen LogP contribution in [0.2, 0.25) is 0 Å². The van der Waals surface area contributed by atoms with Crippen molar-refractivity contribution in [3.63, 3.8) is 0 Å². The lowest BCUT2D eigenvalue weighted by Gasteiger charge is -2.13. The van der Waals surface area contributed by atoms with Gasteiger partial charge in [-0.3, -0.25) is 4.79 Å². The number of nitrogens with two attached hydrogens (primary N) is 1. The Labute approximate surface area is 125 Å². The second-order valence-electron chi connectivity index (χ2n) is 5.42. The van der Waals surface area contributed by atoms with E-state index in [2.05, 4.69) is 13.8 Å². The summed E-state index contributed by atoms with van der Waals surface area (Å²) >= 11 is 0. The summed E-state index contributed by atoms with van der Waals surface area (Å²) in [6.07, 6.45) is 0. The molecule has 0 aromatic heterocycles. The highest BCUT2D eigenvalue weighted by molar-refractivity contribution is 5.78. The SMILES string of the molecule is Cc1ccc(COC(=O)C(C)c2cccc(N)c2)cc1C. The molecule has 1 unspecified atom stereocenters. The van der Waals surface area contributed by atoms with Gasteiger partial charge in [0.25, 0.3) is 0 Å². The second-order valence-corrected chi connectivity index (χ2v) is 5.42. The highest BCUT2D eigenvalue weighted by Crippen LogP contribution is 2.20. The van der Waals surface area contributed by atoms with E-state index < -0.39 is 0 Å².